The first-order valence-corrected chi connectivity index (χ1v) is 3.86. The van der Waals surface area contributed by atoms with Crippen LogP contribution in [0.4, 0.5) is 0 Å². The van der Waals surface area contributed by atoms with Crippen LogP contribution < -0.4 is 0 Å². The molecule has 0 spiro atoms. The molecule has 8 heavy (non-hydrogen) atoms. The SMILES string of the molecule is CC.ClCC(Cl)(Cl)Cl. The summed E-state index contributed by atoms with van der Waals surface area (Å²) in [4.78, 5) is 0. The predicted octanol–water partition coefficient (Wildman–Crippen LogP) is 3.62. The molecule has 4 heteroatoms. The fraction of sp³-hybridized carbons (Fsp3) is 1.00. The Kier molecular flexibility index (Phi) is 9.34. The van der Waals surface area contributed by atoms with E-state index >= 15 is 0 Å². The van der Waals surface area contributed by atoms with Crippen LogP contribution >= 0.6 is 46.4 Å². The highest BCUT2D eigenvalue weighted by atomic mass is 35.6. The van der Waals surface area contributed by atoms with Crippen LogP contribution in [0.1, 0.15) is 13.8 Å². The lowest BCUT2D eigenvalue weighted by molar-refractivity contribution is 1.28. The molecule has 52 valence electrons. The van der Waals surface area contributed by atoms with Crippen molar-refractivity contribution in [3.8, 4) is 0 Å². The van der Waals surface area contributed by atoms with Crippen molar-refractivity contribution in [1.82, 2.24) is 0 Å². The monoisotopic (exact) mass is 196 g/mol. The third kappa shape index (κ3) is 15.7. The molecule has 0 unspecified atom stereocenters. The number of alkyl halides is 4. The third-order valence-corrected chi connectivity index (χ3v) is 1.36. The molecular weight excluding hydrogens is 190 g/mol. The fourth-order valence-corrected chi connectivity index (χ4v) is 0. The molecule has 0 saturated heterocycles. The fourth-order valence-electron chi connectivity index (χ4n) is 0. The summed E-state index contributed by atoms with van der Waals surface area (Å²) in [6, 6.07) is 0. The summed E-state index contributed by atoms with van der Waals surface area (Å²) in [5, 5.41) is 0. The molecule has 0 aliphatic rings. The Balaban J connectivity index is 0. The van der Waals surface area contributed by atoms with Crippen molar-refractivity contribution in [2.45, 2.75) is 17.6 Å². The molecule has 0 aliphatic carbocycles. The number of hydrogen-bond acceptors (Lipinski definition) is 0. The van der Waals surface area contributed by atoms with Crippen LogP contribution in [0.2, 0.25) is 0 Å². The molecule has 0 saturated carbocycles. The Hall–Kier alpha value is 1.16. The van der Waals surface area contributed by atoms with Gasteiger partial charge < -0.3 is 0 Å². The van der Waals surface area contributed by atoms with Gasteiger partial charge in [-0.3, -0.25) is 0 Å². The van der Waals surface area contributed by atoms with Gasteiger partial charge in [-0.1, -0.05) is 48.7 Å². The van der Waals surface area contributed by atoms with Crippen molar-refractivity contribution in [3.05, 3.63) is 0 Å². The molecule has 0 aliphatic heterocycles. The minimum atomic E-state index is -1.28. The Morgan fingerprint density at radius 1 is 1.12 bits per heavy atom. The molecule has 0 aromatic rings. The van der Waals surface area contributed by atoms with Gasteiger partial charge in [-0.05, 0) is 0 Å². The highest BCUT2D eigenvalue weighted by Gasteiger charge is 2.16. The van der Waals surface area contributed by atoms with Crippen molar-refractivity contribution >= 4 is 46.4 Å². The van der Waals surface area contributed by atoms with Crippen LogP contribution in [0, 0.1) is 0 Å². The van der Waals surface area contributed by atoms with Gasteiger partial charge in [-0.2, -0.15) is 0 Å². The average Bonchev–Trinajstić information content (AvgIpc) is 1.71. The quantitative estimate of drug-likeness (QED) is 0.521. The van der Waals surface area contributed by atoms with E-state index in [1.54, 1.807) is 0 Å². The van der Waals surface area contributed by atoms with Gasteiger partial charge in [-0.25, -0.2) is 0 Å². The van der Waals surface area contributed by atoms with Gasteiger partial charge in [0, 0.05) is 0 Å². The summed E-state index contributed by atoms with van der Waals surface area (Å²) in [5.74, 6) is 0.0394. The Morgan fingerprint density at radius 3 is 1.25 bits per heavy atom. The third-order valence-electron chi connectivity index (χ3n) is 0.152. The summed E-state index contributed by atoms with van der Waals surface area (Å²) in [7, 11) is 0. The van der Waals surface area contributed by atoms with E-state index in [0.717, 1.165) is 0 Å². The molecule has 0 bridgehead atoms. The van der Waals surface area contributed by atoms with Crippen LogP contribution in [-0.4, -0.2) is 9.67 Å². The molecule has 0 fully saturated rings. The normalized spacial score (nSPS) is 9.75. The molecule has 0 aromatic heterocycles. The maximum absolute atomic E-state index is 5.12. The van der Waals surface area contributed by atoms with Gasteiger partial charge in [0.1, 0.15) is 0 Å². The van der Waals surface area contributed by atoms with Gasteiger partial charge in [0.2, 0.25) is 3.79 Å². The smallest absolute Gasteiger partial charge is 0.122 e. The van der Waals surface area contributed by atoms with Gasteiger partial charge in [0.05, 0.1) is 5.88 Å². The molecule has 0 heterocycles. The Bertz CT molecular complexity index is 37.8. The highest BCUT2D eigenvalue weighted by molar-refractivity contribution is 6.69. The molecule has 0 atom stereocenters. The summed E-state index contributed by atoms with van der Waals surface area (Å²) in [5.41, 5.74) is 0. The van der Waals surface area contributed by atoms with E-state index < -0.39 is 3.79 Å². The van der Waals surface area contributed by atoms with E-state index in [1.807, 2.05) is 13.8 Å². The second kappa shape index (κ2) is 6.28. The van der Waals surface area contributed by atoms with Crippen molar-refractivity contribution < 1.29 is 0 Å². The van der Waals surface area contributed by atoms with Gasteiger partial charge in [0.25, 0.3) is 0 Å². The molecule has 0 nitrogen and oxygen atoms in total. The van der Waals surface area contributed by atoms with Crippen LogP contribution in [0.25, 0.3) is 0 Å². The zero-order chi connectivity index (χ0) is 7.21. The highest BCUT2D eigenvalue weighted by Crippen LogP contribution is 2.26. The first-order valence-electron chi connectivity index (χ1n) is 2.19. The van der Waals surface area contributed by atoms with E-state index in [1.165, 1.54) is 0 Å². The summed E-state index contributed by atoms with van der Waals surface area (Å²) < 4.78 is -1.28. The predicted molar refractivity (Wildman–Crippen MR) is 42.4 cm³/mol. The second-order valence-corrected chi connectivity index (χ2v) is 3.53. The van der Waals surface area contributed by atoms with Crippen LogP contribution in [0.3, 0.4) is 0 Å². The van der Waals surface area contributed by atoms with E-state index in [-0.39, 0.29) is 5.88 Å². The lowest BCUT2D eigenvalue weighted by atomic mass is 10.9. The minimum absolute atomic E-state index is 0.0394. The summed E-state index contributed by atoms with van der Waals surface area (Å²) in [6.45, 7) is 4.00. The number of rotatable bonds is 0. The van der Waals surface area contributed by atoms with Crippen molar-refractivity contribution in [2.75, 3.05) is 5.88 Å². The van der Waals surface area contributed by atoms with Crippen molar-refractivity contribution in [3.63, 3.8) is 0 Å². The Morgan fingerprint density at radius 2 is 1.25 bits per heavy atom. The largest absolute Gasteiger partial charge is 0.203 e. The van der Waals surface area contributed by atoms with Gasteiger partial charge in [-0.15, -0.1) is 11.6 Å². The average molecular weight is 198 g/mol. The zero-order valence-corrected chi connectivity index (χ0v) is 7.74. The van der Waals surface area contributed by atoms with Crippen LogP contribution in [0.5, 0.6) is 0 Å². The zero-order valence-electron chi connectivity index (χ0n) is 4.72. The first kappa shape index (κ1) is 11.9. The van der Waals surface area contributed by atoms with E-state index in [0.29, 0.717) is 0 Å². The van der Waals surface area contributed by atoms with Crippen LogP contribution in [-0.2, 0) is 0 Å². The maximum atomic E-state index is 5.12. The van der Waals surface area contributed by atoms with Crippen molar-refractivity contribution in [1.29, 1.82) is 0 Å². The second-order valence-electron chi connectivity index (χ2n) is 0.749. The Labute approximate surface area is 70.1 Å². The maximum Gasteiger partial charge on any atom is 0.203 e. The lowest BCUT2D eigenvalue weighted by Crippen LogP contribution is -2.01. The minimum Gasteiger partial charge on any atom is -0.122 e. The number of halogens is 4. The molecule has 0 amide bonds. The standard InChI is InChI=1S/C2H2Cl4.C2H6/c3-1-2(4,5)6;1-2/h1H2;1-2H3. The van der Waals surface area contributed by atoms with E-state index in [2.05, 4.69) is 0 Å². The lowest BCUT2D eigenvalue weighted by Gasteiger charge is -2.00. The van der Waals surface area contributed by atoms with Crippen LogP contribution in [0.15, 0.2) is 0 Å². The van der Waals surface area contributed by atoms with Crippen molar-refractivity contribution in [2.24, 2.45) is 0 Å². The molecule has 0 rings (SSSR count). The van der Waals surface area contributed by atoms with Gasteiger partial charge >= 0.3 is 0 Å². The topological polar surface area (TPSA) is 0 Å². The number of hydrogen-bond donors (Lipinski definition) is 0. The molecular formula is C4H8Cl4. The molecule has 0 N–H and O–H groups in total. The first-order chi connectivity index (χ1) is 3.56. The van der Waals surface area contributed by atoms with E-state index in [4.69, 9.17) is 46.4 Å². The van der Waals surface area contributed by atoms with E-state index in [9.17, 15) is 0 Å². The summed E-state index contributed by atoms with van der Waals surface area (Å²) in [6.07, 6.45) is 0. The molecule has 0 aromatic carbocycles. The molecule has 0 radical (unpaired) electrons. The van der Waals surface area contributed by atoms with Gasteiger partial charge in [0.15, 0.2) is 0 Å². The summed E-state index contributed by atoms with van der Waals surface area (Å²) >= 11 is 20.4.